The maximum atomic E-state index is 13.1. The number of amides is 1. The molecule has 1 fully saturated rings. The molecule has 8 heteroatoms. The Labute approximate surface area is 154 Å². The summed E-state index contributed by atoms with van der Waals surface area (Å²) in [5, 5.41) is 7.27. The van der Waals surface area contributed by atoms with E-state index in [-0.39, 0.29) is 11.7 Å². The van der Waals surface area contributed by atoms with Gasteiger partial charge in [0.2, 0.25) is 0 Å². The van der Waals surface area contributed by atoms with Crippen LogP contribution in [-0.4, -0.2) is 51.8 Å². The summed E-state index contributed by atoms with van der Waals surface area (Å²) >= 11 is 1.61. The second-order valence-electron chi connectivity index (χ2n) is 6.13. The van der Waals surface area contributed by atoms with Crippen LogP contribution in [0.25, 0.3) is 5.69 Å². The number of hydrogen-bond donors (Lipinski definition) is 0. The van der Waals surface area contributed by atoms with E-state index in [0.717, 1.165) is 29.6 Å². The number of halogens is 1. The first-order valence-corrected chi connectivity index (χ1v) is 9.26. The summed E-state index contributed by atoms with van der Waals surface area (Å²) < 4.78 is 14.8. The van der Waals surface area contributed by atoms with Gasteiger partial charge in [0.15, 0.2) is 5.13 Å². The van der Waals surface area contributed by atoms with Crippen molar-refractivity contribution < 1.29 is 9.18 Å². The Kier molecular flexibility index (Phi) is 4.42. The van der Waals surface area contributed by atoms with E-state index in [9.17, 15) is 9.18 Å². The highest BCUT2D eigenvalue weighted by Gasteiger charge is 2.25. The monoisotopic (exact) mass is 371 g/mol. The predicted octanol–water partition coefficient (Wildman–Crippen LogP) is 2.74. The third-order valence-corrected chi connectivity index (χ3v) is 5.40. The van der Waals surface area contributed by atoms with Gasteiger partial charge in [-0.1, -0.05) is 0 Å². The fourth-order valence-corrected chi connectivity index (χ4v) is 3.80. The zero-order valence-electron chi connectivity index (χ0n) is 14.3. The molecule has 1 aliphatic heterocycles. The highest BCUT2D eigenvalue weighted by atomic mass is 32.1. The first-order chi connectivity index (χ1) is 12.6. The van der Waals surface area contributed by atoms with Crippen molar-refractivity contribution in [2.75, 3.05) is 31.1 Å². The molecule has 1 aliphatic rings. The van der Waals surface area contributed by atoms with Crippen LogP contribution < -0.4 is 4.90 Å². The molecule has 0 aliphatic carbocycles. The van der Waals surface area contributed by atoms with Gasteiger partial charge in [0.1, 0.15) is 5.82 Å². The SMILES string of the molecule is Cc1c(C(=O)N2CCN(c3nccs3)CC2)cnn1-c1ccc(F)cc1. The number of hydrogen-bond acceptors (Lipinski definition) is 5. The number of anilines is 1. The number of thiazole rings is 1. The van der Waals surface area contributed by atoms with Crippen LogP contribution in [0.4, 0.5) is 9.52 Å². The molecule has 0 saturated carbocycles. The predicted molar refractivity (Wildman–Crippen MR) is 98.5 cm³/mol. The normalized spacial score (nSPS) is 14.7. The van der Waals surface area contributed by atoms with Crippen LogP contribution in [-0.2, 0) is 0 Å². The maximum absolute atomic E-state index is 13.1. The molecule has 1 amide bonds. The quantitative estimate of drug-likeness (QED) is 0.710. The molecule has 2 aromatic heterocycles. The van der Waals surface area contributed by atoms with E-state index in [1.54, 1.807) is 40.5 Å². The maximum Gasteiger partial charge on any atom is 0.257 e. The summed E-state index contributed by atoms with van der Waals surface area (Å²) in [6, 6.07) is 6.07. The molecule has 0 unspecified atom stereocenters. The van der Waals surface area contributed by atoms with Crippen molar-refractivity contribution in [2.24, 2.45) is 0 Å². The van der Waals surface area contributed by atoms with Crippen LogP contribution >= 0.6 is 11.3 Å². The van der Waals surface area contributed by atoms with Crippen molar-refractivity contribution in [1.29, 1.82) is 0 Å². The lowest BCUT2D eigenvalue weighted by Gasteiger charge is -2.34. The van der Waals surface area contributed by atoms with Gasteiger partial charge in [0, 0.05) is 37.8 Å². The topological polar surface area (TPSA) is 54.3 Å². The van der Waals surface area contributed by atoms with Crippen molar-refractivity contribution >= 4 is 22.4 Å². The molecule has 0 spiro atoms. The zero-order valence-corrected chi connectivity index (χ0v) is 15.1. The molecule has 4 rings (SSSR count). The summed E-state index contributed by atoms with van der Waals surface area (Å²) in [4.78, 5) is 21.3. The van der Waals surface area contributed by atoms with Crippen molar-refractivity contribution in [3.8, 4) is 5.69 Å². The van der Waals surface area contributed by atoms with Crippen LogP contribution in [0.3, 0.4) is 0 Å². The number of piperazine rings is 1. The van der Waals surface area contributed by atoms with E-state index in [1.807, 2.05) is 17.2 Å². The van der Waals surface area contributed by atoms with Gasteiger partial charge >= 0.3 is 0 Å². The minimum Gasteiger partial charge on any atom is -0.345 e. The highest BCUT2D eigenvalue weighted by Crippen LogP contribution is 2.21. The molecule has 6 nitrogen and oxygen atoms in total. The Hall–Kier alpha value is -2.74. The Morgan fingerprint density at radius 1 is 1.15 bits per heavy atom. The largest absolute Gasteiger partial charge is 0.345 e. The molecule has 3 aromatic rings. The van der Waals surface area contributed by atoms with Crippen LogP contribution in [0.1, 0.15) is 16.1 Å². The fourth-order valence-electron chi connectivity index (χ4n) is 3.11. The van der Waals surface area contributed by atoms with Gasteiger partial charge in [-0.05, 0) is 31.2 Å². The van der Waals surface area contributed by atoms with Crippen molar-refractivity contribution in [3.05, 3.63) is 59.1 Å². The minimum atomic E-state index is -0.298. The zero-order chi connectivity index (χ0) is 18.1. The molecule has 0 N–H and O–H groups in total. The van der Waals surface area contributed by atoms with Gasteiger partial charge < -0.3 is 9.80 Å². The van der Waals surface area contributed by atoms with Gasteiger partial charge in [-0.3, -0.25) is 4.79 Å². The molecule has 1 aromatic carbocycles. The van der Waals surface area contributed by atoms with Crippen molar-refractivity contribution in [1.82, 2.24) is 19.7 Å². The first kappa shape index (κ1) is 16.7. The molecule has 0 bridgehead atoms. The number of rotatable bonds is 3. The number of benzene rings is 1. The minimum absolute atomic E-state index is 0.0188. The second-order valence-corrected chi connectivity index (χ2v) is 7.00. The molecule has 3 heterocycles. The summed E-state index contributed by atoms with van der Waals surface area (Å²) in [7, 11) is 0. The van der Waals surface area contributed by atoms with Gasteiger partial charge in [-0.2, -0.15) is 5.10 Å². The fraction of sp³-hybridized carbons (Fsp3) is 0.278. The molecule has 134 valence electrons. The Bertz CT molecular complexity index is 898. The van der Waals surface area contributed by atoms with Crippen LogP contribution in [0, 0.1) is 12.7 Å². The van der Waals surface area contributed by atoms with E-state index in [1.165, 1.54) is 12.1 Å². The van der Waals surface area contributed by atoms with Gasteiger partial charge in [-0.15, -0.1) is 11.3 Å². The molecular weight excluding hydrogens is 353 g/mol. The van der Waals surface area contributed by atoms with E-state index in [4.69, 9.17) is 0 Å². The Balaban J connectivity index is 1.48. The average molecular weight is 371 g/mol. The van der Waals surface area contributed by atoms with Crippen molar-refractivity contribution in [2.45, 2.75) is 6.92 Å². The number of carbonyl (C=O) groups excluding carboxylic acids is 1. The van der Waals surface area contributed by atoms with E-state index in [0.29, 0.717) is 18.7 Å². The summed E-state index contributed by atoms with van der Waals surface area (Å²) in [5.74, 6) is -0.317. The van der Waals surface area contributed by atoms with Crippen LogP contribution in [0.15, 0.2) is 42.0 Å². The number of carbonyl (C=O) groups is 1. The van der Waals surface area contributed by atoms with Gasteiger partial charge in [0.05, 0.1) is 23.1 Å². The first-order valence-electron chi connectivity index (χ1n) is 8.38. The summed E-state index contributed by atoms with van der Waals surface area (Å²) in [6.07, 6.45) is 3.39. The van der Waals surface area contributed by atoms with Crippen molar-refractivity contribution in [3.63, 3.8) is 0 Å². The average Bonchev–Trinajstić information content (AvgIpc) is 3.32. The Morgan fingerprint density at radius 2 is 1.88 bits per heavy atom. The molecular formula is C18H18FN5OS. The highest BCUT2D eigenvalue weighted by molar-refractivity contribution is 7.13. The molecule has 1 saturated heterocycles. The molecule has 0 radical (unpaired) electrons. The third kappa shape index (κ3) is 3.08. The van der Waals surface area contributed by atoms with Gasteiger partial charge in [0.25, 0.3) is 5.91 Å². The molecule has 26 heavy (non-hydrogen) atoms. The number of nitrogens with zero attached hydrogens (tertiary/aromatic N) is 5. The lowest BCUT2D eigenvalue weighted by atomic mass is 10.2. The van der Waals surface area contributed by atoms with Gasteiger partial charge in [-0.25, -0.2) is 14.1 Å². The lowest BCUT2D eigenvalue weighted by Crippen LogP contribution is -2.48. The lowest BCUT2D eigenvalue weighted by molar-refractivity contribution is 0.0746. The van der Waals surface area contributed by atoms with Crippen LogP contribution in [0.2, 0.25) is 0 Å². The number of aromatic nitrogens is 3. The van der Waals surface area contributed by atoms with E-state index in [2.05, 4.69) is 15.0 Å². The molecule has 0 atom stereocenters. The standard InChI is InChI=1S/C18H18FN5OS/c1-13-16(12-21-24(13)15-4-2-14(19)3-5-15)17(25)22-7-9-23(10-8-22)18-20-6-11-26-18/h2-6,11-12H,7-10H2,1H3. The smallest absolute Gasteiger partial charge is 0.257 e. The summed E-state index contributed by atoms with van der Waals surface area (Å²) in [5.41, 5.74) is 2.07. The summed E-state index contributed by atoms with van der Waals surface area (Å²) in [6.45, 7) is 4.70. The van der Waals surface area contributed by atoms with Crippen LogP contribution in [0.5, 0.6) is 0 Å². The second kappa shape index (κ2) is 6.87. The van der Waals surface area contributed by atoms with E-state index < -0.39 is 0 Å². The Morgan fingerprint density at radius 3 is 2.54 bits per heavy atom. The third-order valence-electron chi connectivity index (χ3n) is 4.57. The van der Waals surface area contributed by atoms with E-state index >= 15 is 0 Å².